The minimum absolute atomic E-state index is 0.0167. The number of amides is 2. The van der Waals surface area contributed by atoms with Gasteiger partial charge >= 0.3 is 6.01 Å². The Kier molecular flexibility index (Phi) is 12.2. The molecule has 68 heavy (non-hydrogen) atoms. The molecule has 0 radical (unpaired) electrons. The summed E-state index contributed by atoms with van der Waals surface area (Å²) in [5.74, 6) is -2.90. The number of aryl methyl sites for hydroxylation is 1. The van der Waals surface area contributed by atoms with Crippen molar-refractivity contribution in [2.75, 3.05) is 81.9 Å². The molecule has 5 aliphatic rings. The number of halogens is 4. The molecule has 0 spiro atoms. The Hall–Kier alpha value is -5.65. The fourth-order valence-electron chi connectivity index (χ4n) is 11.0. The number of aromatic nitrogens is 3. The molecule has 1 saturated carbocycles. The number of pyridine rings is 1. The third kappa shape index (κ3) is 9.28. The number of β-amino-alcohol motifs (C(OH)–C–C–N with tert-alkyl or cyclic N) is 1. The lowest BCUT2D eigenvalue weighted by Crippen LogP contribution is -2.54. The summed E-state index contributed by atoms with van der Waals surface area (Å²) in [5.41, 5.74) is -1.06. The Morgan fingerprint density at radius 3 is 2.34 bits per heavy atom. The molecule has 10 rings (SSSR count). The highest BCUT2D eigenvalue weighted by Crippen LogP contribution is 2.48. The van der Waals surface area contributed by atoms with E-state index >= 15 is 17.6 Å². The number of aliphatic hydroxyl groups is 1. The van der Waals surface area contributed by atoms with Crippen LogP contribution in [0.15, 0.2) is 48.7 Å². The summed E-state index contributed by atoms with van der Waals surface area (Å²) in [6.45, 7) is 9.40. The molecule has 2 amide bonds. The van der Waals surface area contributed by atoms with E-state index in [9.17, 15) is 19.8 Å². The molecule has 0 bridgehead atoms. The number of benzene rings is 3. The van der Waals surface area contributed by atoms with Gasteiger partial charge in [0.25, 0.3) is 0 Å². The molecular weight excluding hydrogens is 881 g/mol. The number of carbonyl (C=O) groups excluding carboxylic acids is 2. The van der Waals surface area contributed by atoms with Crippen molar-refractivity contribution in [2.24, 2.45) is 5.41 Å². The maximum Gasteiger partial charge on any atom is 0.319 e. The summed E-state index contributed by atoms with van der Waals surface area (Å²) in [6.07, 6.45) is 6.17. The molecule has 4 aliphatic heterocycles. The van der Waals surface area contributed by atoms with Crippen LogP contribution in [-0.2, 0) is 16.0 Å². The predicted molar refractivity (Wildman–Crippen MR) is 250 cm³/mol. The smallest absolute Gasteiger partial charge is 0.319 e. The summed E-state index contributed by atoms with van der Waals surface area (Å²) >= 11 is 0. The number of hydrogen-bond donors (Lipinski definition) is 3. The van der Waals surface area contributed by atoms with Gasteiger partial charge in [0.1, 0.15) is 40.1 Å². The molecule has 2 aromatic heterocycles. The molecule has 3 aromatic carbocycles. The largest absolute Gasteiger partial charge is 0.508 e. The molecule has 17 heteroatoms. The van der Waals surface area contributed by atoms with Gasteiger partial charge in [-0.3, -0.25) is 24.8 Å². The van der Waals surface area contributed by atoms with Gasteiger partial charge in [0, 0.05) is 100 Å². The molecule has 5 aromatic rings. The van der Waals surface area contributed by atoms with E-state index in [1.165, 1.54) is 30.5 Å². The number of aromatic hydroxyl groups is 1. The third-order valence-corrected chi connectivity index (χ3v) is 15.0. The van der Waals surface area contributed by atoms with Gasteiger partial charge in [-0.25, -0.2) is 17.6 Å². The van der Waals surface area contributed by atoms with Crippen LogP contribution in [0.4, 0.5) is 29.1 Å². The van der Waals surface area contributed by atoms with E-state index in [2.05, 4.69) is 30.0 Å². The monoisotopic (exact) mass is 938 g/mol. The quantitative estimate of drug-likeness (QED) is 0.0860. The molecule has 6 heterocycles. The number of alkyl halides is 1. The summed E-state index contributed by atoms with van der Waals surface area (Å²) in [6, 6.07) is 10.7. The first-order chi connectivity index (χ1) is 32.6. The molecule has 3 N–H and O–H groups in total. The van der Waals surface area contributed by atoms with Crippen LogP contribution in [0.3, 0.4) is 0 Å². The van der Waals surface area contributed by atoms with Crippen LogP contribution >= 0.6 is 0 Å². The zero-order chi connectivity index (χ0) is 47.5. The van der Waals surface area contributed by atoms with Gasteiger partial charge in [-0.05, 0) is 105 Å². The topological polar surface area (TPSA) is 147 Å². The maximum atomic E-state index is 17.1. The van der Waals surface area contributed by atoms with Crippen molar-refractivity contribution in [1.29, 1.82) is 0 Å². The highest BCUT2D eigenvalue weighted by atomic mass is 19.1. The van der Waals surface area contributed by atoms with Gasteiger partial charge in [0.15, 0.2) is 5.82 Å². The van der Waals surface area contributed by atoms with E-state index in [1.807, 2.05) is 17.9 Å². The number of piperidine rings is 3. The first-order valence-corrected chi connectivity index (χ1v) is 24.0. The molecule has 2 atom stereocenters. The molecule has 4 saturated heterocycles. The lowest BCUT2D eigenvalue weighted by molar-refractivity contribution is -0.134. The number of likely N-dealkylation sites (tertiary alicyclic amines) is 1. The molecule has 360 valence electrons. The van der Waals surface area contributed by atoms with Gasteiger partial charge in [-0.1, -0.05) is 19.1 Å². The minimum Gasteiger partial charge on any atom is -0.508 e. The van der Waals surface area contributed by atoms with Crippen molar-refractivity contribution in [3.63, 3.8) is 0 Å². The Labute approximate surface area is 392 Å². The van der Waals surface area contributed by atoms with Crippen LogP contribution in [0.2, 0.25) is 0 Å². The third-order valence-electron chi connectivity index (χ3n) is 15.0. The second-order valence-electron chi connectivity index (χ2n) is 20.2. The van der Waals surface area contributed by atoms with E-state index in [-0.39, 0.29) is 71.4 Å². The summed E-state index contributed by atoms with van der Waals surface area (Å²) in [5, 5.41) is 25.4. The van der Waals surface area contributed by atoms with Gasteiger partial charge < -0.3 is 29.6 Å². The van der Waals surface area contributed by atoms with Crippen LogP contribution in [0.1, 0.15) is 82.3 Å². The zero-order valence-corrected chi connectivity index (χ0v) is 38.6. The van der Waals surface area contributed by atoms with Gasteiger partial charge in [0.05, 0.1) is 23.5 Å². The minimum atomic E-state index is -1.34. The van der Waals surface area contributed by atoms with Crippen LogP contribution < -0.4 is 19.9 Å². The fraction of sp³-hybridized carbons (Fsp3) is 0.510. The number of ether oxygens (including phenoxy) is 1. The first-order valence-electron chi connectivity index (χ1n) is 24.0. The van der Waals surface area contributed by atoms with E-state index < -0.39 is 40.5 Å². The standard InChI is InChI=1S/C51H58F4N8O5/c1-3-34-39(52)9-5-31-23-33(64)25-37(42(31)34)44-43(54)45-38(26-56-44)46(63-16-4-11-49(2,67)27-63)59-48(58-45)68-30-50(12-13-50)28-60-17-14-51(55,15-18-60)29-61-19-21-62(22-20-61)32-6-7-35(40(53)24-32)36-8-10-41(65)57-47(36)66/h5-7,9,23-26,36,64,67H,3-4,8,10-22,27-30H2,1-2H3,(H,57,65,66)/t36?,49-/m1/s1. The summed E-state index contributed by atoms with van der Waals surface area (Å²) in [4.78, 5) is 46.3. The summed E-state index contributed by atoms with van der Waals surface area (Å²) in [7, 11) is 0. The van der Waals surface area contributed by atoms with Crippen molar-refractivity contribution in [3.8, 4) is 23.0 Å². The number of fused-ring (bicyclic) bond motifs is 2. The van der Waals surface area contributed by atoms with Crippen molar-refractivity contribution in [1.82, 2.24) is 30.1 Å². The highest BCUT2D eigenvalue weighted by Gasteiger charge is 2.47. The average molecular weight is 939 g/mol. The number of imide groups is 1. The number of rotatable bonds is 12. The molecule has 5 fully saturated rings. The number of nitrogens with zero attached hydrogens (tertiary/aromatic N) is 7. The number of anilines is 2. The molecule has 13 nitrogen and oxygen atoms in total. The number of phenolic OH excluding ortho intramolecular Hbond substituents is 1. The lowest BCUT2D eigenvalue weighted by atomic mass is 9.90. The maximum absolute atomic E-state index is 17.1. The summed E-state index contributed by atoms with van der Waals surface area (Å²) < 4.78 is 70.4. The second-order valence-corrected chi connectivity index (χ2v) is 20.2. The van der Waals surface area contributed by atoms with Gasteiger partial charge in [0.2, 0.25) is 11.8 Å². The number of carbonyl (C=O) groups is 2. The van der Waals surface area contributed by atoms with Crippen LogP contribution in [-0.4, -0.2) is 130 Å². The number of phenols is 1. The first kappa shape index (κ1) is 46.1. The van der Waals surface area contributed by atoms with E-state index in [1.54, 1.807) is 19.1 Å². The van der Waals surface area contributed by atoms with Crippen LogP contribution in [0, 0.1) is 22.9 Å². The van der Waals surface area contributed by atoms with Crippen molar-refractivity contribution < 1.29 is 42.1 Å². The van der Waals surface area contributed by atoms with Gasteiger partial charge in [-0.15, -0.1) is 0 Å². The molecular formula is C51H58F4N8O5. The zero-order valence-electron chi connectivity index (χ0n) is 38.6. The van der Waals surface area contributed by atoms with Crippen molar-refractivity contribution in [3.05, 3.63) is 77.2 Å². The van der Waals surface area contributed by atoms with E-state index in [4.69, 9.17) is 9.72 Å². The SMILES string of the molecule is CCc1c(F)ccc2cc(O)cc(-c3ncc4c(N5CCC[C@@](C)(O)C5)nc(OCC5(CN6CCC(F)(CN7CCN(c8ccc(C9CCC(=O)NC9=O)c(F)c8)CC7)CC6)CC5)nc4c3F)c12. The highest BCUT2D eigenvalue weighted by molar-refractivity contribution is 6.02. The second kappa shape index (κ2) is 18.0. The van der Waals surface area contributed by atoms with E-state index in [0.717, 1.165) is 12.8 Å². The fourth-order valence-corrected chi connectivity index (χ4v) is 11.0. The Morgan fingerprint density at radius 2 is 1.63 bits per heavy atom. The van der Waals surface area contributed by atoms with E-state index in [0.29, 0.717) is 124 Å². The lowest BCUT2D eigenvalue weighted by Gasteiger charge is -2.43. The normalized spacial score (nSPS) is 23.3. The van der Waals surface area contributed by atoms with Crippen LogP contribution in [0.25, 0.3) is 32.9 Å². The number of piperazine rings is 1. The Morgan fingerprint density at radius 1 is 0.868 bits per heavy atom. The molecule has 1 unspecified atom stereocenters. The average Bonchev–Trinajstić information content (AvgIpc) is 4.08. The number of hydrogen-bond acceptors (Lipinski definition) is 12. The van der Waals surface area contributed by atoms with Crippen molar-refractivity contribution >= 4 is 45.0 Å². The van der Waals surface area contributed by atoms with Crippen LogP contribution in [0.5, 0.6) is 11.8 Å². The molecule has 1 aliphatic carbocycles. The Bertz CT molecular complexity index is 2770. The number of nitrogens with one attached hydrogen (secondary N) is 1. The Balaban J connectivity index is 0.795. The van der Waals surface area contributed by atoms with Crippen molar-refractivity contribution in [2.45, 2.75) is 88.8 Å². The predicted octanol–water partition coefficient (Wildman–Crippen LogP) is 7.19. The van der Waals surface area contributed by atoms with Gasteiger partial charge in [-0.2, -0.15) is 9.97 Å².